The monoisotopic (exact) mass is 150 g/mol. The molecule has 2 unspecified atom stereocenters. The molecule has 0 spiro atoms. The summed E-state index contributed by atoms with van der Waals surface area (Å²) >= 11 is 0. The van der Waals surface area contributed by atoms with Crippen LogP contribution in [0.3, 0.4) is 0 Å². The summed E-state index contributed by atoms with van der Waals surface area (Å²) in [5, 5.41) is 0. The van der Waals surface area contributed by atoms with Gasteiger partial charge in [-0.25, -0.2) is 4.55 Å². The molecule has 1 heterocycles. The molecule has 4 heteroatoms. The Labute approximate surface area is 53.8 Å². The topological polar surface area (TPSA) is 29.3 Å². The minimum absolute atomic E-state index is 0.892. The summed E-state index contributed by atoms with van der Waals surface area (Å²) in [7, 11) is 1.78. The van der Waals surface area contributed by atoms with Gasteiger partial charge < -0.3 is 0 Å². The number of nitrogens with two attached hydrogens (primary N) is 1. The van der Waals surface area contributed by atoms with Gasteiger partial charge in [0.25, 0.3) is 0 Å². The van der Waals surface area contributed by atoms with Crippen LogP contribution >= 0.6 is 17.5 Å². The molecule has 0 aromatic carbocycles. The summed E-state index contributed by atoms with van der Waals surface area (Å²) in [6.07, 6.45) is 5.42. The van der Waals surface area contributed by atoms with Crippen LogP contribution in [0.15, 0.2) is 0 Å². The lowest BCUT2D eigenvalue weighted by Gasteiger charge is -2.09. The van der Waals surface area contributed by atoms with Crippen molar-refractivity contribution in [2.75, 3.05) is 12.3 Å². The molecule has 2 nitrogen and oxygen atoms in total. The highest BCUT2D eigenvalue weighted by molar-refractivity contribution is 7.51. The molecular weight excluding hydrogens is 138 g/mol. The summed E-state index contributed by atoms with van der Waals surface area (Å²) in [6.45, 7) is 0. The van der Waals surface area contributed by atoms with E-state index in [1.54, 1.807) is 0 Å². The highest BCUT2D eigenvalue weighted by atomic mass is 31.1. The van der Waals surface area contributed by atoms with E-state index in [2.05, 4.69) is 0 Å². The molecule has 0 amide bonds. The van der Waals surface area contributed by atoms with Gasteiger partial charge in [0, 0.05) is 0 Å². The molecule has 0 aromatic rings. The van der Waals surface area contributed by atoms with Crippen LogP contribution in [-0.2, 0) is 0 Å². The second-order valence-corrected chi connectivity index (χ2v) is 4.94. The van der Waals surface area contributed by atoms with E-state index in [9.17, 15) is 0 Å². The molecule has 0 aliphatic carbocycles. The second-order valence-electron chi connectivity index (χ2n) is 1.89. The van der Waals surface area contributed by atoms with E-state index in [4.69, 9.17) is 5.84 Å². The van der Waals surface area contributed by atoms with E-state index in [-0.39, 0.29) is 0 Å². The van der Waals surface area contributed by atoms with Crippen molar-refractivity contribution >= 4 is 17.5 Å². The lowest BCUT2D eigenvalue weighted by atomic mass is 10.4. The molecule has 0 bridgehead atoms. The smallest absolute Gasteiger partial charge is 0.0204 e. The first-order valence-electron chi connectivity index (χ1n) is 2.91. The third-order valence-corrected chi connectivity index (χ3v) is 3.95. The van der Waals surface area contributed by atoms with E-state index < -0.39 is 0 Å². The Morgan fingerprint density at radius 1 is 1.12 bits per heavy atom. The van der Waals surface area contributed by atoms with E-state index in [1.807, 2.05) is 4.55 Å². The Hall–Kier alpha value is 0.780. The van der Waals surface area contributed by atoms with E-state index in [1.165, 1.54) is 25.2 Å². The van der Waals surface area contributed by atoms with Gasteiger partial charge in [-0.15, -0.1) is 0 Å². The van der Waals surface area contributed by atoms with Crippen molar-refractivity contribution < 1.29 is 0 Å². The van der Waals surface area contributed by atoms with Gasteiger partial charge in [0.05, 0.1) is 0 Å². The molecule has 8 heavy (non-hydrogen) atoms. The number of hydrogen-bond acceptors (Lipinski definition) is 2. The first kappa shape index (κ1) is 6.89. The lowest BCUT2D eigenvalue weighted by Crippen LogP contribution is -2.10. The zero-order valence-electron chi connectivity index (χ0n) is 4.85. The summed E-state index contributed by atoms with van der Waals surface area (Å²) in [6, 6.07) is 0. The number of hydrogen-bond donors (Lipinski definition) is 1. The van der Waals surface area contributed by atoms with Crippen molar-refractivity contribution in [3.8, 4) is 0 Å². The second kappa shape index (κ2) is 3.74. The fourth-order valence-electron chi connectivity index (χ4n) is 0.705. The molecule has 1 fully saturated rings. The van der Waals surface area contributed by atoms with Gasteiger partial charge in [-0.3, -0.25) is 5.84 Å². The van der Waals surface area contributed by atoms with Gasteiger partial charge in [0.2, 0.25) is 0 Å². The third kappa shape index (κ3) is 2.37. The quantitative estimate of drug-likeness (QED) is 0.414. The molecule has 48 valence electrons. The average Bonchev–Trinajstić information content (AvgIpc) is 1.94. The Morgan fingerprint density at radius 3 is 2.12 bits per heavy atom. The first-order chi connectivity index (χ1) is 3.89. The van der Waals surface area contributed by atoms with Crippen LogP contribution in [0.4, 0.5) is 0 Å². The van der Waals surface area contributed by atoms with Gasteiger partial charge in [0.1, 0.15) is 0 Å². The van der Waals surface area contributed by atoms with Gasteiger partial charge in [-0.1, -0.05) is 0 Å². The van der Waals surface area contributed by atoms with Crippen LogP contribution < -0.4 is 5.84 Å². The van der Waals surface area contributed by atoms with E-state index in [0.29, 0.717) is 0 Å². The van der Waals surface area contributed by atoms with Crippen molar-refractivity contribution in [1.82, 2.24) is 4.55 Å². The van der Waals surface area contributed by atoms with Crippen LogP contribution in [0.5, 0.6) is 0 Å². The normalized spacial score (nSPS) is 31.1. The van der Waals surface area contributed by atoms with E-state index in [0.717, 1.165) is 17.5 Å². The van der Waals surface area contributed by atoms with Gasteiger partial charge >= 0.3 is 0 Å². The highest BCUT2D eigenvalue weighted by Crippen LogP contribution is 2.32. The van der Waals surface area contributed by atoms with Crippen molar-refractivity contribution in [2.45, 2.75) is 12.8 Å². The summed E-state index contributed by atoms with van der Waals surface area (Å²) in [5.41, 5.74) is 0. The van der Waals surface area contributed by atoms with E-state index >= 15 is 0 Å². The Bertz CT molecular complexity index is 61.1. The molecule has 1 rings (SSSR count). The molecule has 0 aromatic heterocycles. The van der Waals surface area contributed by atoms with Crippen LogP contribution in [0.1, 0.15) is 12.8 Å². The fourth-order valence-corrected chi connectivity index (χ4v) is 3.12. The van der Waals surface area contributed by atoms with Crippen LogP contribution in [0, 0.1) is 0 Å². The number of rotatable bonds is 0. The zero-order valence-corrected chi connectivity index (χ0v) is 6.85. The van der Waals surface area contributed by atoms with Crippen LogP contribution in [0.25, 0.3) is 0 Å². The van der Waals surface area contributed by atoms with Gasteiger partial charge in [0.15, 0.2) is 0 Å². The minimum atomic E-state index is 0.892. The summed E-state index contributed by atoms with van der Waals surface area (Å²) in [5.74, 6) is 5.59. The van der Waals surface area contributed by atoms with Crippen molar-refractivity contribution in [3.63, 3.8) is 0 Å². The maximum atomic E-state index is 5.59. The van der Waals surface area contributed by atoms with Crippen LogP contribution in [-0.4, -0.2) is 16.9 Å². The molecule has 1 aliphatic heterocycles. The number of nitrogens with zero attached hydrogens (tertiary/aromatic N) is 1. The molecular formula is C4H12N2P2. The third-order valence-electron chi connectivity index (χ3n) is 1.17. The molecule has 2 N–H and O–H groups in total. The Balaban J connectivity index is 2.17. The standard InChI is InChI=1S/C4H12N2P2/c5-6-7-3-1-2-4-8-6/h7-8H,1-5H2. The van der Waals surface area contributed by atoms with Crippen molar-refractivity contribution in [2.24, 2.45) is 5.84 Å². The average molecular weight is 150 g/mol. The Morgan fingerprint density at radius 2 is 1.62 bits per heavy atom. The lowest BCUT2D eigenvalue weighted by molar-refractivity contribution is 0.794. The SMILES string of the molecule is NN1PCCCCP1. The maximum Gasteiger partial charge on any atom is -0.0204 e. The van der Waals surface area contributed by atoms with Crippen LogP contribution in [0.2, 0.25) is 0 Å². The first-order valence-corrected chi connectivity index (χ1v) is 5.22. The highest BCUT2D eigenvalue weighted by Gasteiger charge is 2.02. The molecule has 0 radical (unpaired) electrons. The largest absolute Gasteiger partial charge is 0.262 e. The molecule has 0 saturated carbocycles. The van der Waals surface area contributed by atoms with Crippen molar-refractivity contribution in [3.05, 3.63) is 0 Å². The zero-order chi connectivity index (χ0) is 5.82. The summed E-state index contributed by atoms with van der Waals surface area (Å²) < 4.78 is 1.98. The molecule has 1 aliphatic rings. The van der Waals surface area contributed by atoms with Crippen molar-refractivity contribution in [1.29, 1.82) is 0 Å². The maximum absolute atomic E-state index is 5.59. The number of hydrazine groups is 1. The molecule has 1 saturated heterocycles. The molecule has 2 atom stereocenters. The Kier molecular flexibility index (Phi) is 3.22. The van der Waals surface area contributed by atoms with Gasteiger partial charge in [-0.2, -0.15) is 0 Å². The van der Waals surface area contributed by atoms with Gasteiger partial charge in [-0.05, 0) is 42.6 Å². The fraction of sp³-hybridized carbons (Fsp3) is 1.00. The predicted octanol–water partition coefficient (Wildman–Crippen LogP) is 1.14. The summed E-state index contributed by atoms with van der Waals surface area (Å²) in [4.78, 5) is 0. The predicted molar refractivity (Wildman–Crippen MR) is 41.6 cm³/mol. The minimum Gasteiger partial charge on any atom is -0.262 e.